The molecule has 0 saturated heterocycles. The molecule has 0 aliphatic rings. The zero-order chi connectivity index (χ0) is 13.0. The standard InChI is InChI=1S/C13H21NO2S/c1-8(2)10-5-6-17-12(10)13(16)14-7-11(15)9(3)4/h5-6,8-9,11,15H,7H2,1-4H3,(H,14,16). The van der Waals surface area contributed by atoms with Gasteiger partial charge in [-0.1, -0.05) is 27.7 Å². The molecule has 0 aliphatic heterocycles. The highest BCUT2D eigenvalue weighted by atomic mass is 32.1. The fraction of sp³-hybridized carbons (Fsp3) is 0.615. The van der Waals surface area contributed by atoms with E-state index in [2.05, 4.69) is 19.2 Å². The molecule has 1 aromatic heterocycles. The van der Waals surface area contributed by atoms with Crippen LogP contribution < -0.4 is 5.32 Å². The van der Waals surface area contributed by atoms with E-state index in [0.29, 0.717) is 12.5 Å². The maximum Gasteiger partial charge on any atom is 0.261 e. The van der Waals surface area contributed by atoms with Crippen LogP contribution in [-0.2, 0) is 0 Å². The van der Waals surface area contributed by atoms with Gasteiger partial charge >= 0.3 is 0 Å². The predicted molar refractivity (Wildman–Crippen MR) is 71.6 cm³/mol. The summed E-state index contributed by atoms with van der Waals surface area (Å²) in [6, 6.07) is 1.99. The van der Waals surface area contributed by atoms with E-state index in [1.165, 1.54) is 11.3 Å². The predicted octanol–water partition coefficient (Wildman–Crippen LogP) is 2.62. The number of aliphatic hydroxyl groups is 1. The molecule has 17 heavy (non-hydrogen) atoms. The van der Waals surface area contributed by atoms with E-state index in [1.54, 1.807) is 0 Å². The summed E-state index contributed by atoms with van der Waals surface area (Å²) >= 11 is 1.45. The molecule has 0 aliphatic carbocycles. The van der Waals surface area contributed by atoms with Crippen LogP contribution in [0.3, 0.4) is 0 Å². The quantitative estimate of drug-likeness (QED) is 0.849. The minimum Gasteiger partial charge on any atom is -0.391 e. The van der Waals surface area contributed by atoms with E-state index < -0.39 is 6.10 Å². The summed E-state index contributed by atoms with van der Waals surface area (Å²) in [5.41, 5.74) is 1.08. The Labute approximate surface area is 107 Å². The normalized spacial score (nSPS) is 13.1. The highest BCUT2D eigenvalue weighted by molar-refractivity contribution is 7.12. The Morgan fingerprint density at radius 3 is 2.59 bits per heavy atom. The lowest BCUT2D eigenvalue weighted by Gasteiger charge is -2.15. The molecule has 0 bridgehead atoms. The number of amides is 1. The van der Waals surface area contributed by atoms with Gasteiger partial charge in [-0.2, -0.15) is 0 Å². The van der Waals surface area contributed by atoms with Crippen molar-refractivity contribution in [2.75, 3.05) is 6.54 Å². The minimum absolute atomic E-state index is 0.0802. The Morgan fingerprint density at radius 2 is 2.06 bits per heavy atom. The van der Waals surface area contributed by atoms with E-state index >= 15 is 0 Å². The van der Waals surface area contributed by atoms with Crippen LogP contribution in [0.25, 0.3) is 0 Å². The van der Waals surface area contributed by atoms with E-state index in [0.717, 1.165) is 10.4 Å². The maximum absolute atomic E-state index is 11.9. The molecule has 1 aromatic rings. The minimum atomic E-state index is -0.485. The largest absolute Gasteiger partial charge is 0.391 e. The van der Waals surface area contributed by atoms with Crippen molar-refractivity contribution in [3.05, 3.63) is 21.9 Å². The molecule has 1 amide bonds. The van der Waals surface area contributed by atoms with Gasteiger partial charge in [0.05, 0.1) is 11.0 Å². The first-order chi connectivity index (χ1) is 7.93. The first-order valence-corrected chi connectivity index (χ1v) is 6.85. The first kappa shape index (κ1) is 14.2. The van der Waals surface area contributed by atoms with Crippen molar-refractivity contribution in [2.45, 2.75) is 39.7 Å². The lowest BCUT2D eigenvalue weighted by atomic mass is 10.0. The molecule has 0 radical (unpaired) electrons. The van der Waals surface area contributed by atoms with Crippen LogP contribution in [0.2, 0.25) is 0 Å². The average Bonchev–Trinajstić information content (AvgIpc) is 2.73. The van der Waals surface area contributed by atoms with Crippen LogP contribution in [0.4, 0.5) is 0 Å². The molecule has 3 nitrogen and oxygen atoms in total. The summed E-state index contributed by atoms with van der Waals surface area (Å²) in [4.78, 5) is 12.7. The molecule has 1 unspecified atom stereocenters. The van der Waals surface area contributed by atoms with Gasteiger partial charge in [0.2, 0.25) is 0 Å². The Kier molecular flexibility index (Phi) is 5.15. The second-order valence-corrected chi connectivity index (χ2v) is 5.80. The van der Waals surface area contributed by atoms with Gasteiger partial charge in [-0.3, -0.25) is 4.79 Å². The maximum atomic E-state index is 11.9. The van der Waals surface area contributed by atoms with Crippen LogP contribution in [0, 0.1) is 5.92 Å². The number of carbonyl (C=O) groups excluding carboxylic acids is 1. The number of rotatable bonds is 5. The van der Waals surface area contributed by atoms with Crippen LogP contribution in [0.1, 0.15) is 48.8 Å². The van der Waals surface area contributed by atoms with E-state index in [1.807, 2.05) is 25.3 Å². The molecule has 0 spiro atoms. The van der Waals surface area contributed by atoms with Crippen LogP contribution in [-0.4, -0.2) is 23.7 Å². The fourth-order valence-electron chi connectivity index (χ4n) is 1.47. The van der Waals surface area contributed by atoms with Crippen molar-refractivity contribution in [1.82, 2.24) is 5.32 Å². The van der Waals surface area contributed by atoms with Crippen molar-refractivity contribution in [1.29, 1.82) is 0 Å². The van der Waals surface area contributed by atoms with Crippen molar-refractivity contribution in [2.24, 2.45) is 5.92 Å². The van der Waals surface area contributed by atoms with Crippen molar-refractivity contribution < 1.29 is 9.90 Å². The second-order valence-electron chi connectivity index (χ2n) is 4.88. The van der Waals surface area contributed by atoms with Gasteiger partial charge in [-0.25, -0.2) is 0 Å². The summed E-state index contributed by atoms with van der Waals surface area (Å²) in [6.45, 7) is 8.32. The summed E-state index contributed by atoms with van der Waals surface area (Å²) < 4.78 is 0. The molecular weight excluding hydrogens is 234 g/mol. The van der Waals surface area contributed by atoms with Gasteiger partial charge in [0.15, 0.2) is 0 Å². The zero-order valence-electron chi connectivity index (χ0n) is 10.9. The lowest BCUT2D eigenvalue weighted by Crippen LogP contribution is -2.34. The summed E-state index contributed by atoms with van der Waals surface area (Å²) in [5.74, 6) is 0.420. The molecule has 2 N–H and O–H groups in total. The van der Waals surface area contributed by atoms with Crippen LogP contribution in [0.5, 0.6) is 0 Å². The number of thiophene rings is 1. The van der Waals surface area contributed by atoms with E-state index in [4.69, 9.17) is 0 Å². The average molecular weight is 255 g/mol. The second kappa shape index (κ2) is 6.17. The van der Waals surface area contributed by atoms with E-state index in [-0.39, 0.29) is 11.8 Å². The van der Waals surface area contributed by atoms with Gasteiger partial charge in [-0.15, -0.1) is 11.3 Å². The molecule has 1 rings (SSSR count). The third kappa shape index (κ3) is 3.82. The SMILES string of the molecule is CC(C)c1ccsc1C(=O)NCC(O)C(C)C. The lowest BCUT2D eigenvalue weighted by molar-refractivity contribution is 0.0874. The Hall–Kier alpha value is -0.870. The third-order valence-electron chi connectivity index (χ3n) is 2.77. The Balaban J connectivity index is 2.61. The number of aliphatic hydroxyl groups excluding tert-OH is 1. The molecule has 0 saturated carbocycles. The highest BCUT2D eigenvalue weighted by Gasteiger charge is 2.17. The fourth-order valence-corrected chi connectivity index (χ4v) is 2.44. The van der Waals surface area contributed by atoms with E-state index in [9.17, 15) is 9.90 Å². The molecule has 96 valence electrons. The summed E-state index contributed by atoms with van der Waals surface area (Å²) in [5, 5.41) is 14.4. The van der Waals surface area contributed by atoms with Crippen molar-refractivity contribution in [3.8, 4) is 0 Å². The zero-order valence-corrected chi connectivity index (χ0v) is 11.7. The van der Waals surface area contributed by atoms with Gasteiger partial charge in [0, 0.05) is 6.54 Å². The van der Waals surface area contributed by atoms with Crippen LogP contribution in [0.15, 0.2) is 11.4 Å². The molecule has 1 heterocycles. The highest BCUT2D eigenvalue weighted by Crippen LogP contribution is 2.24. The molecule has 1 atom stereocenters. The third-order valence-corrected chi connectivity index (χ3v) is 3.69. The van der Waals surface area contributed by atoms with Gasteiger partial charge in [-0.05, 0) is 28.8 Å². The Bertz CT molecular complexity index is 371. The topological polar surface area (TPSA) is 49.3 Å². The number of hydrogen-bond donors (Lipinski definition) is 2. The number of carbonyl (C=O) groups is 1. The Morgan fingerprint density at radius 1 is 1.41 bits per heavy atom. The summed E-state index contributed by atoms with van der Waals surface area (Å²) in [6.07, 6.45) is -0.485. The van der Waals surface area contributed by atoms with Gasteiger partial charge < -0.3 is 10.4 Å². The number of nitrogens with one attached hydrogen (secondary N) is 1. The van der Waals surface area contributed by atoms with Crippen molar-refractivity contribution in [3.63, 3.8) is 0 Å². The van der Waals surface area contributed by atoms with Crippen molar-refractivity contribution >= 4 is 17.2 Å². The molecule has 0 aromatic carbocycles. The van der Waals surface area contributed by atoms with Crippen LogP contribution >= 0.6 is 11.3 Å². The molecular formula is C13H21NO2S. The molecule has 0 fully saturated rings. The smallest absolute Gasteiger partial charge is 0.261 e. The summed E-state index contributed by atoms with van der Waals surface area (Å²) in [7, 11) is 0. The number of hydrogen-bond acceptors (Lipinski definition) is 3. The van der Waals surface area contributed by atoms with Gasteiger partial charge in [0.25, 0.3) is 5.91 Å². The first-order valence-electron chi connectivity index (χ1n) is 5.97. The molecule has 4 heteroatoms. The monoisotopic (exact) mass is 255 g/mol. The van der Waals surface area contributed by atoms with Gasteiger partial charge in [0.1, 0.15) is 0 Å².